The number of nitriles is 1. The van der Waals surface area contributed by atoms with E-state index in [1.807, 2.05) is 0 Å². The van der Waals surface area contributed by atoms with Gasteiger partial charge in [-0.15, -0.1) is 16.0 Å². The summed E-state index contributed by atoms with van der Waals surface area (Å²) in [4.78, 5) is 42.5. The number of halogens is 2. The number of rotatable bonds is 12. The second-order valence-electron chi connectivity index (χ2n) is 11.2. The molecule has 1 aliphatic heterocycles. The molecule has 0 aliphatic carbocycles. The number of ether oxygens (including phenoxy) is 2. The Morgan fingerprint density at radius 2 is 2.02 bits per heavy atom. The zero-order chi connectivity index (χ0) is 34.4. The molecule has 1 fully saturated rings. The standard InChI is InChI=1S/C32H32F2N7O6S/c1-20(30-38-27(15-48-30)22-5-3-21(12-35)4-6-22)32(45,25-11-23(33)7-9-26(25)34)16-40-18-39(17-37-40)19-47-31(44)41-24(8-10-28(41)42)14-46-29(43)13-36-2/h3-7,9,11,15,17-18,20,24,36,45H,8,10,13-14,16,19H2,1-2H3/q+1. The number of hydrogen-bond acceptors (Lipinski definition) is 11. The van der Waals surface area contributed by atoms with Crippen molar-refractivity contribution in [3.05, 3.63) is 88.3 Å². The summed E-state index contributed by atoms with van der Waals surface area (Å²) in [6.07, 6.45) is 2.18. The number of carbonyl (C=O) groups is 3. The van der Waals surface area contributed by atoms with Crippen LogP contribution in [0.25, 0.3) is 11.3 Å². The van der Waals surface area contributed by atoms with E-state index >= 15 is 4.39 Å². The van der Waals surface area contributed by atoms with Crippen LogP contribution >= 0.6 is 11.3 Å². The molecule has 0 spiro atoms. The fourth-order valence-electron chi connectivity index (χ4n) is 5.32. The van der Waals surface area contributed by atoms with Gasteiger partial charge in [0.2, 0.25) is 19.0 Å². The minimum absolute atomic E-state index is 0.0189. The van der Waals surface area contributed by atoms with Crippen LogP contribution in [0.5, 0.6) is 0 Å². The zero-order valence-electron chi connectivity index (χ0n) is 26.0. The molecule has 1 aliphatic rings. The maximum Gasteiger partial charge on any atom is 0.419 e. The van der Waals surface area contributed by atoms with E-state index in [-0.39, 0.29) is 38.4 Å². The average molecular weight is 681 g/mol. The Morgan fingerprint density at radius 1 is 1.25 bits per heavy atom. The van der Waals surface area contributed by atoms with Gasteiger partial charge in [0.25, 0.3) is 6.33 Å². The van der Waals surface area contributed by atoms with E-state index in [2.05, 4.69) is 21.5 Å². The molecule has 13 nitrogen and oxygen atoms in total. The van der Waals surface area contributed by atoms with Crippen LogP contribution in [-0.4, -0.2) is 69.0 Å². The largest absolute Gasteiger partial charge is 0.463 e. The van der Waals surface area contributed by atoms with Crippen LogP contribution < -0.4 is 9.88 Å². The summed E-state index contributed by atoms with van der Waals surface area (Å²) in [6, 6.07) is 11.0. The summed E-state index contributed by atoms with van der Waals surface area (Å²) < 4.78 is 42.7. The van der Waals surface area contributed by atoms with Crippen molar-refractivity contribution in [3.8, 4) is 17.3 Å². The summed E-state index contributed by atoms with van der Waals surface area (Å²) in [5, 5.41) is 30.3. The Kier molecular flexibility index (Phi) is 10.5. The van der Waals surface area contributed by atoms with Gasteiger partial charge in [0.05, 0.1) is 34.9 Å². The van der Waals surface area contributed by atoms with Gasteiger partial charge in [-0.3, -0.25) is 9.59 Å². The van der Waals surface area contributed by atoms with Gasteiger partial charge in [-0.1, -0.05) is 19.1 Å². The quantitative estimate of drug-likeness (QED) is 0.168. The molecule has 2 aromatic carbocycles. The number of amides is 2. The first-order valence-corrected chi connectivity index (χ1v) is 15.7. The van der Waals surface area contributed by atoms with Gasteiger partial charge in [0.15, 0.2) is 0 Å². The molecule has 3 unspecified atom stereocenters. The van der Waals surface area contributed by atoms with Gasteiger partial charge in [0.1, 0.15) is 30.4 Å². The summed E-state index contributed by atoms with van der Waals surface area (Å²) in [5.74, 6) is -3.42. The maximum absolute atomic E-state index is 15.2. The van der Waals surface area contributed by atoms with Gasteiger partial charge >= 0.3 is 12.1 Å². The molecule has 2 aromatic heterocycles. The lowest BCUT2D eigenvalue weighted by atomic mass is 9.82. The minimum Gasteiger partial charge on any atom is -0.463 e. The van der Waals surface area contributed by atoms with Crippen LogP contribution in [0, 0.1) is 23.0 Å². The first kappa shape index (κ1) is 34.2. The Labute approximate surface area is 278 Å². The van der Waals surface area contributed by atoms with Crippen molar-refractivity contribution < 1.29 is 42.3 Å². The maximum atomic E-state index is 15.2. The van der Waals surface area contributed by atoms with E-state index in [1.54, 1.807) is 43.6 Å². The van der Waals surface area contributed by atoms with Crippen LogP contribution in [0.2, 0.25) is 0 Å². The van der Waals surface area contributed by atoms with Crippen molar-refractivity contribution >= 4 is 29.3 Å². The highest BCUT2D eigenvalue weighted by atomic mass is 32.1. The third-order valence-electron chi connectivity index (χ3n) is 7.96. The van der Waals surface area contributed by atoms with Crippen LogP contribution in [0.4, 0.5) is 13.6 Å². The molecular weight excluding hydrogens is 648 g/mol. The summed E-state index contributed by atoms with van der Waals surface area (Å²) in [6.45, 7) is 0.761. The fourth-order valence-corrected chi connectivity index (χ4v) is 6.29. The van der Waals surface area contributed by atoms with E-state index in [4.69, 9.17) is 14.7 Å². The monoisotopic (exact) mass is 680 g/mol. The van der Waals surface area contributed by atoms with E-state index < -0.39 is 47.2 Å². The third kappa shape index (κ3) is 7.54. The zero-order valence-corrected chi connectivity index (χ0v) is 26.8. The highest BCUT2D eigenvalue weighted by Gasteiger charge is 2.44. The summed E-state index contributed by atoms with van der Waals surface area (Å²) in [7, 11) is 1.58. The van der Waals surface area contributed by atoms with Gasteiger partial charge in [-0.25, -0.2) is 28.0 Å². The van der Waals surface area contributed by atoms with Crippen molar-refractivity contribution in [2.45, 2.75) is 50.6 Å². The molecule has 250 valence electrons. The first-order valence-electron chi connectivity index (χ1n) is 14.9. The average Bonchev–Trinajstić information content (AvgIpc) is 3.84. The molecule has 48 heavy (non-hydrogen) atoms. The predicted molar refractivity (Wildman–Crippen MR) is 165 cm³/mol. The summed E-state index contributed by atoms with van der Waals surface area (Å²) in [5.41, 5.74) is -0.536. The molecule has 3 heterocycles. The highest BCUT2D eigenvalue weighted by molar-refractivity contribution is 7.10. The number of aromatic nitrogens is 4. The lowest BCUT2D eigenvalue weighted by molar-refractivity contribution is -0.728. The number of hydrogen-bond donors (Lipinski definition) is 2. The lowest BCUT2D eigenvalue weighted by Gasteiger charge is -2.32. The SMILES string of the molecule is CNCC(=O)OCC1CCC(=O)N1C(=O)OC[n+]1cnn(CC(O)(c2cc(F)ccc2F)C(C)c2nc(-c3ccc(C#N)cc3)cs2)c1. The molecule has 4 aromatic rings. The predicted octanol–water partition coefficient (Wildman–Crippen LogP) is 2.98. The number of nitrogens with one attached hydrogen (secondary N) is 1. The number of nitrogens with zero attached hydrogens (tertiary/aromatic N) is 6. The van der Waals surface area contributed by atoms with Gasteiger partial charge in [-0.05, 0) is 43.8 Å². The van der Waals surface area contributed by atoms with Crippen LogP contribution in [0.3, 0.4) is 0 Å². The van der Waals surface area contributed by atoms with Crippen LogP contribution in [-0.2, 0) is 37.9 Å². The van der Waals surface area contributed by atoms with Crippen molar-refractivity contribution in [3.63, 3.8) is 0 Å². The Bertz CT molecular complexity index is 1840. The molecule has 0 radical (unpaired) electrons. The topological polar surface area (TPSA) is 164 Å². The van der Waals surface area contributed by atoms with E-state index in [9.17, 15) is 23.9 Å². The van der Waals surface area contributed by atoms with Crippen LogP contribution in [0.1, 0.15) is 41.8 Å². The number of imide groups is 1. The smallest absolute Gasteiger partial charge is 0.419 e. The highest BCUT2D eigenvalue weighted by Crippen LogP contribution is 2.41. The second-order valence-corrected chi connectivity index (χ2v) is 12.1. The molecular formula is C32H32F2N7O6S+. The number of likely N-dealkylation sites (tertiary alicyclic amines) is 1. The molecule has 0 saturated carbocycles. The van der Waals surface area contributed by atoms with E-state index in [1.165, 1.54) is 33.2 Å². The van der Waals surface area contributed by atoms with Gasteiger partial charge in [0, 0.05) is 33.9 Å². The normalized spacial score (nSPS) is 16.3. The van der Waals surface area contributed by atoms with Crippen LogP contribution in [0.15, 0.2) is 60.5 Å². The molecule has 5 rings (SSSR count). The number of thiazole rings is 1. The molecule has 2 N–H and O–H groups in total. The fraction of sp³-hybridized carbons (Fsp3) is 0.344. The number of esters is 1. The van der Waals surface area contributed by atoms with Crippen molar-refractivity contribution in [2.75, 3.05) is 20.2 Å². The van der Waals surface area contributed by atoms with Gasteiger partial charge in [-0.2, -0.15) is 5.26 Å². The molecule has 16 heteroatoms. The third-order valence-corrected chi connectivity index (χ3v) is 8.99. The minimum atomic E-state index is -2.05. The Balaban J connectivity index is 1.32. The molecule has 3 atom stereocenters. The number of benzene rings is 2. The molecule has 0 bridgehead atoms. The van der Waals surface area contributed by atoms with E-state index in [0.717, 1.165) is 28.7 Å². The molecule has 1 saturated heterocycles. The Morgan fingerprint density at radius 3 is 2.75 bits per heavy atom. The number of carbonyl (C=O) groups excluding carboxylic acids is 3. The number of likely N-dealkylation sites (N-methyl/N-ethyl adjacent to an activating group) is 1. The molecule has 2 amide bonds. The number of aliphatic hydroxyl groups is 1. The van der Waals surface area contributed by atoms with Gasteiger partial charge < -0.3 is 19.9 Å². The Hall–Kier alpha value is -5.11. The van der Waals surface area contributed by atoms with Crippen molar-refractivity contribution in [1.82, 2.24) is 25.0 Å². The lowest BCUT2D eigenvalue weighted by Crippen LogP contribution is -2.44. The second kappa shape index (κ2) is 14.8. The summed E-state index contributed by atoms with van der Waals surface area (Å²) >= 11 is 1.23. The first-order chi connectivity index (χ1) is 23.0. The van der Waals surface area contributed by atoms with Crippen molar-refractivity contribution in [2.24, 2.45) is 0 Å². The van der Waals surface area contributed by atoms with E-state index in [0.29, 0.717) is 22.7 Å². The van der Waals surface area contributed by atoms with Crippen molar-refractivity contribution in [1.29, 1.82) is 5.26 Å².